The first kappa shape index (κ1) is 15.1. The van der Waals surface area contributed by atoms with Crippen LogP contribution in [0, 0.1) is 0 Å². The van der Waals surface area contributed by atoms with Crippen molar-refractivity contribution in [2.45, 2.75) is 12.7 Å². The molecule has 0 fully saturated rings. The van der Waals surface area contributed by atoms with Gasteiger partial charge < -0.3 is 15.4 Å². The third kappa shape index (κ3) is 5.98. The van der Waals surface area contributed by atoms with Crippen molar-refractivity contribution in [3.05, 3.63) is 29.8 Å². The van der Waals surface area contributed by atoms with Gasteiger partial charge in [-0.1, -0.05) is 12.1 Å². The average molecular weight is 275 g/mol. The lowest BCUT2D eigenvalue weighted by Gasteiger charge is -2.11. The van der Waals surface area contributed by atoms with Gasteiger partial charge in [0.1, 0.15) is 5.75 Å². The summed E-state index contributed by atoms with van der Waals surface area (Å²) in [5.74, 6) is 0.790. The van der Waals surface area contributed by atoms with Crippen molar-refractivity contribution in [2.75, 3.05) is 20.7 Å². The molecule has 1 aromatic rings. The van der Waals surface area contributed by atoms with Crippen LogP contribution in [0.3, 0.4) is 0 Å². The number of nitrogens with zero attached hydrogens (tertiary/aromatic N) is 1. The maximum atomic E-state index is 12.0. The number of hydrogen-bond acceptors (Lipinski definition) is 2. The lowest BCUT2D eigenvalue weighted by molar-refractivity contribution is -0.153. The third-order valence-electron chi connectivity index (χ3n) is 2.22. The summed E-state index contributed by atoms with van der Waals surface area (Å²) in [7, 11) is 3.35. The summed E-state index contributed by atoms with van der Waals surface area (Å²) in [6, 6.07) is 6.48. The Balaban J connectivity index is 2.57. The third-order valence-corrected chi connectivity index (χ3v) is 2.22. The Morgan fingerprint density at radius 3 is 2.68 bits per heavy atom. The molecule has 106 valence electrons. The molecule has 0 bridgehead atoms. The highest BCUT2D eigenvalue weighted by Crippen LogP contribution is 2.19. The predicted molar refractivity (Wildman–Crippen MR) is 67.3 cm³/mol. The lowest BCUT2D eigenvalue weighted by Crippen LogP contribution is -2.34. The van der Waals surface area contributed by atoms with Crippen LogP contribution in [0.4, 0.5) is 13.2 Å². The van der Waals surface area contributed by atoms with Crippen LogP contribution in [-0.4, -0.2) is 32.8 Å². The fraction of sp³-hybridized carbons (Fsp3) is 0.417. The van der Waals surface area contributed by atoms with E-state index in [-0.39, 0.29) is 5.75 Å². The van der Waals surface area contributed by atoms with Crippen molar-refractivity contribution >= 4 is 5.96 Å². The molecular weight excluding hydrogens is 259 g/mol. The zero-order valence-electron chi connectivity index (χ0n) is 10.7. The van der Waals surface area contributed by atoms with Crippen LogP contribution in [0.2, 0.25) is 0 Å². The van der Waals surface area contributed by atoms with Gasteiger partial charge in [-0.15, -0.1) is 0 Å². The first-order chi connectivity index (χ1) is 8.94. The number of halogens is 3. The second kappa shape index (κ2) is 6.86. The quantitative estimate of drug-likeness (QED) is 0.652. The van der Waals surface area contributed by atoms with Gasteiger partial charge in [0.05, 0.1) is 0 Å². The van der Waals surface area contributed by atoms with Crippen LogP contribution in [0.5, 0.6) is 5.75 Å². The molecule has 0 aliphatic heterocycles. The van der Waals surface area contributed by atoms with Crippen LogP contribution in [-0.2, 0) is 6.54 Å². The zero-order chi connectivity index (χ0) is 14.3. The van der Waals surface area contributed by atoms with E-state index < -0.39 is 12.8 Å². The molecule has 0 unspecified atom stereocenters. The van der Waals surface area contributed by atoms with E-state index in [1.807, 2.05) is 0 Å². The SMILES string of the molecule is CN=C(NC)NCc1cccc(OCC(F)(F)F)c1. The van der Waals surface area contributed by atoms with E-state index in [2.05, 4.69) is 20.4 Å². The molecule has 0 saturated heterocycles. The van der Waals surface area contributed by atoms with Crippen LogP contribution in [0.25, 0.3) is 0 Å². The van der Waals surface area contributed by atoms with E-state index in [4.69, 9.17) is 0 Å². The number of hydrogen-bond donors (Lipinski definition) is 2. The van der Waals surface area contributed by atoms with Gasteiger partial charge in [0.2, 0.25) is 0 Å². The molecule has 1 aromatic carbocycles. The number of benzene rings is 1. The molecule has 4 nitrogen and oxygen atoms in total. The molecule has 0 saturated carbocycles. The van der Waals surface area contributed by atoms with Gasteiger partial charge in [0.15, 0.2) is 12.6 Å². The molecule has 0 aliphatic carbocycles. The van der Waals surface area contributed by atoms with E-state index in [0.29, 0.717) is 12.5 Å². The number of rotatable bonds is 4. The molecule has 2 N–H and O–H groups in total. The van der Waals surface area contributed by atoms with E-state index in [0.717, 1.165) is 5.56 Å². The fourth-order valence-electron chi connectivity index (χ4n) is 1.38. The maximum absolute atomic E-state index is 12.0. The standard InChI is InChI=1S/C12H16F3N3O/c1-16-11(17-2)18-7-9-4-3-5-10(6-9)19-8-12(13,14)15/h3-6H,7-8H2,1-2H3,(H2,16,17,18). The molecule has 0 amide bonds. The Labute approximate surface area is 109 Å². The summed E-state index contributed by atoms with van der Waals surface area (Å²) in [6.45, 7) is -0.848. The second-order valence-electron chi connectivity index (χ2n) is 3.73. The minimum Gasteiger partial charge on any atom is -0.484 e. The number of ether oxygens (including phenoxy) is 1. The van der Waals surface area contributed by atoms with Crippen LogP contribution >= 0.6 is 0 Å². The Bertz CT molecular complexity index is 432. The smallest absolute Gasteiger partial charge is 0.422 e. The largest absolute Gasteiger partial charge is 0.484 e. The minimum absolute atomic E-state index is 0.191. The Kier molecular flexibility index (Phi) is 5.47. The molecular formula is C12H16F3N3O. The van der Waals surface area contributed by atoms with Crippen molar-refractivity contribution in [3.8, 4) is 5.75 Å². The van der Waals surface area contributed by atoms with Gasteiger partial charge in [-0.05, 0) is 17.7 Å². The van der Waals surface area contributed by atoms with Crippen LogP contribution in [0.1, 0.15) is 5.56 Å². The molecule has 0 heterocycles. The average Bonchev–Trinajstić information content (AvgIpc) is 2.37. The van der Waals surface area contributed by atoms with Gasteiger partial charge in [-0.2, -0.15) is 13.2 Å². The molecule has 0 spiro atoms. The van der Waals surface area contributed by atoms with Gasteiger partial charge in [-0.3, -0.25) is 4.99 Å². The molecule has 7 heteroatoms. The van der Waals surface area contributed by atoms with Crippen molar-refractivity contribution < 1.29 is 17.9 Å². The van der Waals surface area contributed by atoms with Crippen molar-refractivity contribution in [1.82, 2.24) is 10.6 Å². The van der Waals surface area contributed by atoms with Gasteiger partial charge in [0, 0.05) is 20.6 Å². The molecule has 1 rings (SSSR count). The molecule has 19 heavy (non-hydrogen) atoms. The summed E-state index contributed by atoms with van der Waals surface area (Å²) < 4.78 is 40.7. The minimum atomic E-state index is -4.33. The number of alkyl halides is 3. The number of aliphatic imine (C=N–C) groups is 1. The maximum Gasteiger partial charge on any atom is 0.422 e. The molecule has 0 aromatic heterocycles. The van der Waals surface area contributed by atoms with Crippen LogP contribution < -0.4 is 15.4 Å². The number of nitrogens with one attached hydrogen (secondary N) is 2. The normalized spacial score (nSPS) is 12.2. The summed E-state index contributed by atoms with van der Waals surface area (Å²) in [5, 5.41) is 5.84. The molecule has 0 atom stereocenters. The highest BCUT2D eigenvalue weighted by Gasteiger charge is 2.28. The Morgan fingerprint density at radius 2 is 2.11 bits per heavy atom. The monoisotopic (exact) mass is 275 g/mol. The van der Waals surface area contributed by atoms with Crippen molar-refractivity contribution in [3.63, 3.8) is 0 Å². The Hall–Kier alpha value is -1.92. The van der Waals surface area contributed by atoms with E-state index in [9.17, 15) is 13.2 Å². The zero-order valence-corrected chi connectivity index (χ0v) is 10.7. The van der Waals surface area contributed by atoms with Gasteiger partial charge >= 0.3 is 6.18 Å². The van der Waals surface area contributed by atoms with E-state index in [1.54, 1.807) is 32.3 Å². The summed E-state index contributed by atoms with van der Waals surface area (Å²) in [6.07, 6.45) is -4.33. The highest BCUT2D eigenvalue weighted by molar-refractivity contribution is 5.79. The summed E-state index contributed by atoms with van der Waals surface area (Å²) >= 11 is 0. The highest BCUT2D eigenvalue weighted by atomic mass is 19.4. The predicted octanol–water partition coefficient (Wildman–Crippen LogP) is 1.92. The second-order valence-corrected chi connectivity index (χ2v) is 3.73. The van der Waals surface area contributed by atoms with Crippen molar-refractivity contribution in [2.24, 2.45) is 4.99 Å². The molecule has 0 radical (unpaired) electrons. The van der Waals surface area contributed by atoms with E-state index in [1.165, 1.54) is 6.07 Å². The fourth-order valence-corrected chi connectivity index (χ4v) is 1.38. The lowest BCUT2D eigenvalue weighted by atomic mass is 10.2. The van der Waals surface area contributed by atoms with Crippen LogP contribution in [0.15, 0.2) is 29.3 Å². The van der Waals surface area contributed by atoms with Crippen molar-refractivity contribution in [1.29, 1.82) is 0 Å². The first-order valence-corrected chi connectivity index (χ1v) is 5.61. The Morgan fingerprint density at radius 1 is 1.37 bits per heavy atom. The van der Waals surface area contributed by atoms with Gasteiger partial charge in [-0.25, -0.2) is 0 Å². The summed E-state index contributed by atoms with van der Waals surface area (Å²) in [4.78, 5) is 3.93. The molecule has 0 aliphatic rings. The summed E-state index contributed by atoms with van der Waals surface area (Å²) in [5.41, 5.74) is 0.802. The first-order valence-electron chi connectivity index (χ1n) is 5.61. The topological polar surface area (TPSA) is 45.7 Å². The van der Waals surface area contributed by atoms with Gasteiger partial charge in [0.25, 0.3) is 0 Å². The number of guanidine groups is 1. The van der Waals surface area contributed by atoms with E-state index >= 15 is 0 Å².